The van der Waals surface area contributed by atoms with Crippen molar-refractivity contribution in [3.8, 4) is 0 Å². The number of nitrogens with two attached hydrogens (primary N) is 1. The number of hydrogen-bond donors (Lipinski definition) is 2. The van der Waals surface area contributed by atoms with Gasteiger partial charge in [-0.15, -0.1) is 0 Å². The molecule has 0 aliphatic carbocycles. The van der Waals surface area contributed by atoms with Crippen molar-refractivity contribution in [3.05, 3.63) is 0 Å². The van der Waals surface area contributed by atoms with Gasteiger partial charge in [-0.25, -0.2) is 0 Å². The van der Waals surface area contributed by atoms with Crippen LogP contribution in [0.25, 0.3) is 0 Å². The summed E-state index contributed by atoms with van der Waals surface area (Å²) in [4.78, 5) is 9.24. The summed E-state index contributed by atoms with van der Waals surface area (Å²) >= 11 is 0. The van der Waals surface area contributed by atoms with E-state index >= 15 is 0 Å². The largest absolute Gasteiger partial charge is 2.00 e. The molecule has 0 saturated carbocycles. The van der Waals surface area contributed by atoms with Crippen molar-refractivity contribution >= 4 is 5.97 Å². The normalized spacial score (nSPS) is 6.17. The van der Waals surface area contributed by atoms with Crippen molar-refractivity contribution in [3.63, 3.8) is 0 Å². The first-order chi connectivity index (χ1) is 2.27. The molecular weight excluding hydrogens is 126 g/mol. The molecule has 3 N–H and O–H groups in total. The molecule has 0 amide bonds. The molecule has 36 valence electrons. The number of hydrogen-bond acceptors (Lipinski definition) is 2. The van der Waals surface area contributed by atoms with Crippen LogP contribution in [0.1, 0.15) is 0 Å². The van der Waals surface area contributed by atoms with Gasteiger partial charge in [0.1, 0.15) is 0 Å². The van der Waals surface area contributed by atoms with Crippen LogP contribution in [0.4, 0.5) is 0 Å². The van der Waals surface area contributed by atoms with Crippen LogP contribution in [0.15, 0.2) is 0 Å². The third-order valence-corrected chi connectivity index (χ3v) is 0.175. The van der Waals surface area contributed by atoms with E-state index in [9.17, 15) is 4.79 Å². The molecule has 0 atom stereocenters. The van der Waals surface area contributed by atoms with E-state index in [1.165, 1.54) is 0 Å². The van der Waals surface area contributed by atoms with Crippen molar-refractivity contribution in [2.45, 2.75) is 0 Å². The van der Waals surface area contributed by atoms with Crippen LogP contribution in [0.2, 0.25) is 0 Å². The average molecular weight is 131 g/mol. The predicted molar refractivity (Wildman–Crippen MR) is 16.7 cm³/mol. The fourth-order valence-corrected chi connectivity index (χ4v) is 0. The molecule has 0 unspecified atom stereocenters. The molecule has 0 fully saturated rings. The zero-order chi connectivity index (χ0) is 4.28. The topological polar surface area (TPSA) is 63.3 Å². The van der Waals surface area contributed by atoms with Crippen LogP contribution in [0.5, 0.6) is 0 Å². The van der Waals surface area contributed by atoms with Gasteiger partial charge in [0.15, 0.2) is 0 Å². The molecule has 4 heteroatoms. The van der Waals surface area contributed by atoms with Crippen molar-refractivity contribution < 1.29 is 27.0 Å². The van der Waals surface area contributed by atoms with E-state index in [1.54, 1.807) is 0 Å². The molecule has 0 rings (SSSR count). The smallest absolute Gasteiger partial charge is 0.480 e. The van der Waals surface area contributed by atoms with Gasteiger partial charge in [-0.05, 0) is 0 Å². The van der Waals surface area contributed by atoms with Crippen molar-refractivity contribution in [2.24, 2.45) is 5.73 Å². The van der Waals surface area contributed by atoms with Crippen LogP contribution < -0.4 is 5.73 Å². The van der Waals surface area contributed by atoms with Gasteiger partial charge in [-0.2, -0.15) is 0 Å². The zero-order valence-corrected chi connectivity index (χ0v) is 4.10. The first kappa shape index (κ1) is 9.34. The minimum Gasteiger partial charge on any atom is -0.480 e. The molecule has 0 aromatic heterocycles. The number of rotatable bonds is 1. The minimum absolute atomic E-state index is 0. The van der Waals surface area contributed by atoms with E-state index in [2.05, 4.69) is 5.73 Å². The third kappa shape index (κ3) is 9.04. The van der Waals surface area contributed by atoms with E-state index < -0.39 is 5.97 Å². The Morgan fingerprint density at radius 1 is 1.83 bits per heavy atom. The molecule has 0 radical (unpaired) electrons. The quantitative estimate of drug-likeness (QED) is 0.450. The molecule has 0 aromatic carbocycles. The molecule has 0 aliphatic heterocycles. The second kappa shape index (κ2) is 4.95. The van der Waals surface area contributed by atoms with E-state index in [4.69, 9.17) is 5.11 Å². The van der Waals surface area contributed by atoms with E-state index in [1.807, 2.05) is 0 Å². The van der Waals surface area contributed by atoms with E-state index in [0.717, 1.165) is 0 Å². The molecule has 3 nitrogen and oxygen atoms in total. The summed E-state index contributed by atoms with van der Waals surface area (Å²) in [5, 5.41) is 7.60. The second-order valence-electron chi connectivity index (χ2n) is 0.598. The summed E-state index contributed by atoms with van der Waals surface area (Å²) in [5.74, 6) is -0.968. The van der Waals surface area contributed by atoms with Gasteiger partial charge in [-0.1, -0.05) is 0 Å². The molecule has 0 heterocycles. The van der Waals surface area contributed by atoms with Gasteiger partial charge in [0.2, 0.25) is 0 Å². The Balaban J connectivity index is 0. The summed E-state index contributed by atoms with van der Waals surface area (Å²) in [6, 6.07) is 0. The Hall–Kier alpha value is -0.0505. The number of carboxylic acids is 1. The Morgan fingerprint density at radius 3 is 2.00 bits per heavy atom. The number of carboxylic acid groups (broad SMARTS) is 1. The van der Waals surface area contributed by atoms with Gasteiger partial charge in [0, 0.05) is 0 Å². The maximum absolute atomic E-state index is 9.24. The molecule has 6 heavy (non-hydrogen) atoms. The summed E-state index contributed by atoms with van der Waals surface area (Å²) in [6.45, 7) is -0.278. The average Bonchev–Trinajstić information content (AvgIpc) is 1.38. The Morgan fingerprint density at radius 2 is 2.00 bits per heavy atom. The summed E-state index contributed by atoms with van der Waals surface area (Å²) < 4.78 is 0. The van der Waals surface area contributed by atoms with Crippen LogP contribution in [0.3, 0.4) is 0 Å². The number of carbonyl (C=O) groups is 1. The van der Waals surface area contributed by atoms with Crippen LogP contribution in [-0.4, -0.2) is 17.6 Å². The summed E-state index contributed by atoms with van der Waals surface area (Å²) in [7, 11) is 0. The van der Waals surface area contributed by atoms with E-state index in [-0.39, 0.29) is 23.6 Å². The molecular formula is C2H5FeNO2+2. The molecule has 0 aliphatic rings. The number of aliphatic carboxylic acids is 1. The van der Waals surface area contributed by atoms with Gasteiger partial charge >= 0.3 is 23.0 Å². The van der Waals surface area contributed by atoms with Crippen molar-refractivity contribution in [2.75, 3.05) is 6.54 Å². The summed E-state index contributed by atoms with van der Waals surface area (Å²) in [5.41, 5.74) is 4.57. The monoisotopic (exact) mass is 131 g/mol. The Labute approximate surface area is 46.0 Å². The SMILES string of the molecule is NCC(=O)O.[Fe+2]. The molecule has 0 bridgehead atoms. The second-order valence-corrected chi connectivity index (χ2v) is 0.598. The van der Waals surface area contributed by atoms with Gasteiger partial charge in [0.05, 0.1) is 6.54 Å². The van der Waals surface area contributed by atoms with Crippen LogP contribution in [-0.2, 0) is 21.9 Å². The third-order valence-electron chi connectivity index (χ3n) is 0.175. The van der Waals surface area contributed by atoms with Gasteiger partial charge < -0.3 is 10.8 Å². The fourth-order valence-electron chi connectivity index (χ4n) is 0. The fraction of sp³-hybridized carbons (Fsp3) is 0.500. The van der Waals surface area contributed by atoms with Gasteiger partial charge in [-0.3, -0.25) is 4.79 Å². The zero-order valence-electron chi connectivity index (χ0n) is 2.99. The van der Waals surface area contributed by atoms with Gasteiger partial charge in [0.25, 0.3) is 0 Å². The van der Waals surface area contributed by atoms with Crippen molar-refractivity contribution in [1.29, 1.82) is 0 Å². The Bertz CT molecular complexity index is 46.8. The first-order valence-electron chi connectivity index (χ1n) is 1.19. The maximum atomic E-state index is 9.24. The molecule has 0 aromatic rings. The van der Waals surface area contributed by atoms with Crippen molar-refractivity contribution in [1.82, 2.24) is 0 Å². The van der Waals surface area contributed by atoms with E-state index in [0.29, 0.717) is 0 Å². The van der Waals surface area contributed by atoms with Crippen LogP contribution >= 0.6 is 0 Å². The standard InChI is InChI=1S/C2H5NO2.Fe/c3-1-2(4)5;/h1,3H2,(H,4,5);/q;+2. The molecule has 0 spiro atoms. The maximum Gasteiger partial charge on any atom is 2.00 e. The first-order valence-corrected chi connectivity index (χ1v) is 1.19. The predicted octanol–water partition coefficient (Wildman–Crippen LogP) is -0.973. The summed E-state index contributed by atoms with van der Waals surface area (Å²) in [6.07, 6.45) is 0. The minimum atomic E-state index is -0.968. The van der Waals surface area contributed by atoms with Crippen LogP contribution in [0, 0.1) is 0 Å². The Kier molecular flexibility index (Phi) is 7.71. The molecule has 0 saturated heterocycles.